The van der Waals surface area contributed by atoms with Gasteiger partial charge in [0.1, 0.15) is 11.6 Å². The highest BCUT2D eigenvalue weighted by molar-refractivity contribution is 5.48. The van der Waals surface area contributed by atoms with Crippen LogP contribution in [-0.2, 0) is 19.3 Å². The van der Waals surface area contributed by atoms with Crippen LogP contribution in [0.3, 0.4) is 0 Å². The molecule has 31 heavy (non-hydrogen) atoms. The lowest BCUT2D eigenvalue weighted by molar-refractivity contribution is 0.506. The SMILES string of the molecule is CCCc1ccc(C2CCc3c(ccc(C#Cc4cccc(F)c4F)c3F)C2)c(F)c1. The van der Waals surface area contributed by atoms with Crippen molar-refractivity contribution in [3.05, 3.63) is 105 Å². The molecule has 0 bridgehead atoms. The molecule has 4 heteroatoms. The lowest BCUT2D eigenvalue weighted by atomic mass is 9.79. The van der Waals surface area contributed by atoms with E-state index in [9.17, 15) is 13.2 Å². The quantitative estimate of drug-likeness (QED) is 0.319. The minimum absolute atomic E-state index is 0.000834. The van der Waals surface area contributed by atoms with Crippen LogP contribution < -0.4 is 0 Å². The molecule has 4 rings (SSSR count). The van der Waals surface area contributed by atoms with Gasteiger partial charge in [-0.3, -0.25) is 0 Å². The Kier molecular flexibility index (Phi) is 6.13. The zero-order valence-electron chi connectivity index (χ0n) is 17.2. The summed E-state index contributed by atoms with van der Waals surface area (Å²) in [6.45, 7) is 2.06. The van der Waals surface area contributed by atoms with Gasteiger partial charge in [-0.25, -0.2) is 17.6 Å². The third-order valence-corrected chi connectivity index (χ3v) is 5.88. The van der Waals surface area contributed by atoms with Crippen LogP contribution in [0.2, 0.25) is 0 Å². The monoisotopic (exact) mass is 422 g/mol. The maximum atomic E-state index is 15.0. The van der Waals surface area contributed by atoms with Gasteiger partial charge < -0.3 is 0 Å². The van der Waals surface area contributed by atoms with E-state index in [0.29, 0.717) is 30.4 Å². The number of hydrogen-bond donors (Lipinski definition) is 0. The summed E-state index contributed by atoms with van der Waals surface area (Å²) in [5, 5.41) is 0. The Balaban J connectivity index is 1.58. The molecular formula is C27H22F4. The third kappa shape index (κ3) is 4.37. The molecule has 0 saturated carbocycles. The molecule has 0 N–H and O–H groups in total. The van der Waals surface area contributed by atoms with E-state index in [0.717, 1.165) is 30.0 Å². The molecule has 0 nitrogen and oxygen atoms in total. The maximum absolute atomic E-state index is 15.0. The van der Waals surface area contributed by atoms with Crippen molar-refractivity contribution in [3.8, 4) is 11.8 Å². The molecular weight excluding hydrogens is 400 g/mol. The number of benzene rings is 3. The van der Waals surface area contributed by atoms with Crippen LogP contribution in [-0.4, -0.2) is 0 Å². The first-order valence-electron chi connectivity index (χ1n) is 10.5. The summed E-state index contributed by atoms with van der Waals surface area (Å²) in [5.74, 6) is 2.50. The summed E-state index contributed by atoms with van der Waals surface area (Å²) in [7, 11) is 0. The topological polar surface area (TPSA) is 0 Å². The molecule has 0 amide bonds. The van der Waals surface area contributed by atoms with Crippen LogP contribution >= 0.6 is 0 Å². The highest BCUT2D eigenvalue weighted by atomic mass is 19.2. The fraction of sp³-hybridized carbons (Fsp3) is 0.259. The van der Waals surface area contributed by atoms with Gasteiger partial charge in [0.15, 0.2) is 11.6 Å². The van der Waals surface area contributed by atoms with E-state index in [-0.39, 0.29) is 22.9 Å². The average Bonchev–Trinajstić information content (AvgIpc) is 2.76. The van der Waals surface area contributed by atoms with Crippen LogP contribution in [0.4, 0.5) is 17.6 Å². The van der Waals surface area contributed by atoms with Gasteiger partial charge in [-0.2, -0.15) is 0 Å². The summed E-state index contributed by atoms with van der Waals surface area (Å²) in [6, 6.07) is 12.5. The van der Waals surface area contributed by atoms with Crippen LogP contribution in [0, 0.1) is 35.1 Å². The van der Waals surface area contributed by atoms with Crippen molar-refractivity contribution in [2.75, 3.05) is 0 Å². The Morgan fingerprint density at radius 3 is 2.39 bits per heavy atom. The summed E-state index contributed by atoms with van der Waals surface area (Å²) < 4.78 is 56.8. The van der Waals surface area contributed by atoms with Crippen molar-refractivity contribution in [2.45, 2.75) is 44.9 Å². The Morgan fingerprint density at radius 2 is 1.65 bits per heavy atom. The van der Waals surface area contributed by atoms with E-state index in [4.69, 9.17) is 0 Å². The minimum atomic E-state index is -1.04. The van der Waals surface area contributed by atoms with E-state index in [1.54, 1.807) is 18.2 Å². The molecule has 0 radical (unpaired) electrons. The van der Waals surface area contributed by atoms with Gasteiger partial charge >= 0.3 is 0 Å². The first kappa shape index (κ1) is 21.2. The predicted molar refractivity (Wildman–Crippen MR) is 114 cm³/mol. The molecule has 1 aliphatic carbocycles. The standard InChI is InChI=1S/C27H22F4/c1-2-4-17-7-13-22(25(29)15-17)20-12-14-23-21(16-20)11-10-19(26(23)30)9-8-18-5-3-6-24(28)27(18)31/h3,5-7,10-11,13,15,20H,2,4,12,14,16H2,1H3. The zero-order chi connectivity index (χ0) is 22.0. The van der Waals surface area contributed by atoms with Crippen LogP contribution in [0.1, 0.15) is 59.1 Å². The first-order chi connectivity index (χ1) is 15.0. The van der Waals surface area contributed by atoms with Crippen molar-refractivity contribution >= 4 is 0 Å². The largest absolute Gasteiger partial charge is 0.207 e. The Hall–Kier alpha value is -3.06. The minimum Gasteiger partial charge on any atom is -0.207 e. The molecule has 0 spiro atoms. The van der Waals surface area contributed by atoms with Crippen molar-refractivity contribution < 1.29 is 17.6 Å². The Labute approximate surface area is 179 Å². The summed E-state index contributed by atoms with van der Waals surface area (Å²) in [6.07, 6.45) is 3.49. The van der Waals surface area contributed by atoms with Crippen LogP contribution in [0.25, 0.3) is 0 Å². The van der Waals surface area contributed by atoms with Gasteiger partial charge in [-0.05, 0) is 78.1 Å². The first-order valence-corrected chi connectivity index (χ1v) is 10.5. The molecule has 3 aromatic rings. The molecule has 1 atom stereocenters. The summed E-state index contributed by atoms with van der Waals surface area (Å²) in [4.78, 5) is 0. The second-order valence-corrected chi connectivity index (χ2v) is 7.96. The van der Waals surface area contributed by atoms with E-state index < -0.39 is 17.5 Å². The molecule has 158 valence electrons. The summed E-state index contributed by atoms with van der Waals surface area (Å²) >= 11 is 0. The van der Waals surface area contributed by atoms with Crippen LogP contribution in [0.5, 0.6) is 0 Å². The van der Waals surface area contributed by atoms with Gasteiger partial charge in [-0.15, -0.1) is 0 Å². The Morgan fingerprint density at radius 1 is 0.871 bits per heavy atom. The predicted octanol–water partition coefficient (Wildman–Crippen LogP) is 6.87. The number of aryl methyl sites for hydroxylation is 1. The molecule has 0 saturated heterocycles. The third-order valence-electron chi connectivity index (χ3n) is 5.88. The van der Waals surface area contributed by atoms with Crippen molar-refractivity contribution in [1.29, 1.82) is 0 Å². The molecule has 0 fully saturated rings. The summed E-state index contributed by atoms with van der Waals surface area (Å²) in [5.41, 5.74) is 3.12. The highest BCUT2D eigenvalue weighted by Gasteiger charge is 2.25. The number of fused-ring (bicyclic) bond motifs is 1. The number of halogens is 4. The van der Waals surface area contributed by atoms with Crippen molar-refractivity contribution in [1.82, 2.24) is 0 Å². The van der Waals surface area contributed by atoms with E-state index in [1.165, 1.54) is 12.1 Å². The van der Waals surface area contributed by atoms with E-state index in [2.05, 4.69) is 18.8 Å². The van der Waals surface area contributed by atoms with Crippen molar-refractivity contribution in [2.24, 2.45) is 0 Å². The maximum Gasteiger partial charge on any atom is 0.174 e. The van der Waals surface area contributed by atoms with Gasteiger partial charge in [0, 0.05) is 0 Å². The number of rotatable bonds is 3. The van der Waals surface area contributed by atoms with Crippen molar-refractivity contribution in [3.63, 3.8) is 0 Å². The second-order valence-electron chi connectivity index (χ2n) is 7.96. The second kappa shape index (κ2) is 8.98. The normalized spacial score (nSPS) is 15.2. The molecule has 3 aromatic carbocycles. The molecule has 0 aliphatic heterocycles. The van der Waals surface area contributed by atoms with Crippen LogP contribution in [0.15, 0.2) is 48.5 Å². The van der Waals surface area contributed by atoms with Gasteiger partial charge in [0.2, 0.25) is 0 Å². The molecule has 1 aliphatic rings. The molecule has 0 heterocycles. The van der Waals surface area contributed by atoms with Gasteiger partial charge in [-0.1, -0.05) is 49.5 Å². The lowest BCUT2D eigenvalue weighted by Gasteiger charge is -2.26. The van der Waals surface area contributed by atoms with Gasteiger partial charge in [0.25, 0.3) is 0 Å². The Bertz CT molecular complexity index is 1180. The lowest BCUT2D eigenvalue weighted by Crippen LogP contribution is -2.16. The average molecular weight is 422 g/mol. The van der Waals surface area contributed by atoms with Gasteiger partial charge in [0.05, 0.1) is 11.1 Å². The highest BCUT2D eigenvalue weighted by Crippen LogP contribution is 2.36. The smallest absolute Gasteiger partial charge is 0.174 e. The number of hydrogen-bond acceptors (Lipinski definition) is 0. The fourth-order valence-electron chi connectivity index (χ4n) is 4.25. The molecule has 1 unspecified atom stereocenters. The fourth-order valence-corrected chi connectivity index (χ4v) is 4.25. The van der Waals surface area contributed by atoms with E-state index in [1.807, 2.05) is 12.1 Å². The zero-order valence-corrected chi connectivity index (χ0v) is 17.2. The van der Waals surface area contributed by atoms with E-state index >= 15 is 4.39 Å². The molecule has 0 aromatic heterocycles.